The first-order valence-electron chi connectivity index (χ1n) is 7.82. The summed E-state index contributed by atoms with van der Waals surface area (Å²) in [4.78, 5) is 14.6. The van der Waals surface area contributed by atoms with E-state index in [0.717, 1.165) is 16.0 Å². The Morgan fingerprint density at radius 1 is 1.44 bits per heavy atom. The number of allylic oxidation sites excluding steroid dienone is 2. The van der Waals surface area contributed by atoms with Crippen LogP contribution in [0.15, 0.2) is 46.0 Å². The minimum absolute atomic E-state index is 0.209. The van der Waals surface area contributed by atoms with E-state index in [1.165, 1.54) is 11.3 Å². The lowest BCUT2D eigenvalue weighted by atomic mass is 9.75. The first kappa shape index (κ1) is 16.8. The van der Waals surface area contributed by atoms with Crippen molar-refractivity contribution in [2.75, 3.05) is 19.7 Å². The van der Waals surface area contributed by atoms with Crippen molar-refractivity contribution in [3.05, 3.63) is 50.9 Å². The van der Waals surface area contributed by atoms with Gasteiger partial charge < -0.3 is 15.4 Å². The highest BCUT2D eigenvalue weighted by atomic mass is 32.1. The molecular formula is C18H16N4O2S. The second kappa shape index (κ2) is 6.84. The third-order valence-electron chi connectivity index (χ3n) is 4.29. The monoisotopic (exact) mass is 352 g/mol. The maximum absolute atomic E-state index is 12.1. The minimum Gasteiger partial charge on any atom is -0.450 e. The summed E-state index contributed by atoms with van der Waals surface area (Å²) in [5.41, 5.74) is 8.52. The standard InChI is InChI=1S/C18H16N4O2S/c1-2-24-18(23)22-6-5-11-12(8-19)17(21)13(9-20)16(14(11)10-22)15-4-3-7-25-15/h3-5,7,14H,2,6,10,21H2,1H3/t14-/m1/s1. The van der Waals surface area contributed by atoms with Gasteiger partial charge in [-0.1, -0.05) is 12.1 Å². The maximum atomic E-state index is 12.1. The number of nitrogens with zero attached hydrogens (tertiary/aromatic N) is 3. The molecule has 1 aromatic rings. The fraction of sp³-hybridized carbons (Fsp3) is 0.278. The number of hydrogen-bond acceptors (Lipinski definition) is 6. The van der Waals surface area contributed by atoms with Gasteiger partial charge in [-0.15, -0.1) is 11.3 Å². The minimum atomic E-state index is -0.400. The van der Waals surface area contributed by atoms with E-state index in [1.54, 1.807) is 11.8 Å². The van der Waals surface area contributed by atoms with Gasteiger partial charge in [-0.2, -0.15) is 10.5 Å². The number of ether oxygens (including phenoxy) is 1. The van der Waals surface area contributed by atoms with E-state index in [2.05, 4.69) is 12.1 Å². The summed E-state index contributed by atoms with van der Waals surface area (Å²) < 4.78 is 5.09. The Bertz CT molecular complexity index is 881. The summed E-state index contributed by atoms with van der Waals surface area (Å²) in [6.45, 7) is 2.75. The van der Waals surface area contributed by atoms with Crippen LogP contribution in [0.2, 0.25) is 0 Å². The molecule has 1 amide bonds. The first-order chi connectivity index (χ1) is 12.1. The molecule has 0 radical (unpaired) electrons. The summed E-state index contributed by atoms with van der Waals surface area (Å²) >= 11 is 1.50. The molecule has 1 aromatic heterocycles. The SMILES string of the molecule is CCOC(=O)N1CC=C2C(C#N)=C(N)C(C#N)=C(c3cccs3)[C@@H]2C1. The third-order valence-corrected chi connectivity index (χ3v) is 5.19. The highest BCUT2D eigenvalue weighted by molar-refractivity contribution is 7.11. The fourth-order valence-electron chi connectivity index (χ4n) is 3.20. The molecule has 25 heavy (non-hydrogen) atoms. The zero-order valence-corrected chi connectivity index (χ0v) is 14.5. The molecule has 1 aliphatic heterocycles. The van der Waals surface area contributed by atoms with Crippen molar-refractivity contribution < 1.29 is 9.53 Å². The van der Waals surface area contributed by atoms with Crippen LogP contribution in [0.1, 0.15) is 11.8 Å². The second-order valence-electron chi connectivity index (χ2n) is 5.59. The van der Waals surface area contributed by atoms with E-state index in [-0.39, 0.29) is 11.6 Å². The normalized spacial score (nSPS) is 19.7. The molecule has 1 atom stereocenters. The largest absolute Gasteiger partial charge is 0.450 e. The highest BCUT2D eigenvalue weighted by Gasteiger charge is 2.38. The molecule has 6 nitrogen and oxygen atoms in total. The average Bonchev–Trinajstić information content (AvgIpc) is 3.14. The number of hydrogen-bond donors (Lipinski definition) is 1. The molecule has 3 rings (SSSR count). The number of nitrogens with two attached hydrogens (primary N) is 1. The van der Waals surface area contributed by atoms with Crippen LogP contribution in [0.5, 0.6) is 0 Å². The maximum Gasteiger partial charge on any atom is 0.410 e. The summed E-state index contributed by atoms with van der Waals surface area (Å²) in [6, 6.07) is 8.09. The van der Waals surface area contributed by atoms with Crippen molar-refractivity contribution >= 4 is 23.0 Å². The lowest BCUT2D eigenvalue weighted by Gasteiger charge is -2.36. The van der Waals surface area contributed by atoms with Crippen molar-refractivity contribution in [1.82, 2.24) is 4.90 Å². The van der Waals surface area contributed by atoms with Gasteiger partial charge in [0, 0.05) is 23.9 Å². The third kappa shape index (κ3) is 2.79. The molecule has 0 saturated carbocycles. The van der Waals surface area contributed by atoms with Crippen molar-refractivity contribution in [3.63, 3.8) is 0 Å². The van der Waals surface area contributed by atoms with Crippen LogP contribution in [0.4, 0.5) is 4.79 Å². The predicted molar refractivity (Wildman–Crippen MR) is 93.8 cm³/mol. The van der Waals surface area contributed by atoms with Gasteiger partial charge in [0.2, 0.25) is 0 Å². The van der Waals surface area contributed by atoms with E-state index in [1.807, 2.05) is 23.6 Å². The Labute approximate surface area is 149 Å². The quantitative estimate of drug-likeness (QED) is 0.881. The van der Waals surface area contributed by atoms with E-state index in [9.17, 15) is 15.3 Å². The Kier molecular flexibility index (Phi) is 4.60. The molecule has 0 unspecified atom stereocenters. The molecule has 0 bridgehead atoms. The Hall–Kier alpha value is -3.03. The van der Waals surface area contributed by atoms with Gasteiger partial charge in [0.05, 0.1) is 23.5 Å². The van der Waals surface area contributed by atoms with Crippen LogP contribution in [0.25, 0.3) is 5.57 Å². The number of fused-ring (bicyclic) bond motifs is 1. The van der Waals surface area contributed by atoms with Gasteiger partial charge in [-0.25, -0.2) is 4.79 Å². The number of nitriles is 2. The van der Waals surface area contributed by atoms with Crippen molar-refractivity contribution in [2.45, 2.75) is 6.92 Å². The van der Waals surface area contributed by atoms with Crippen molar-refractivity contribution in [3.8, 4) is 12.1 Å². The highest BCUT2D eigenvalue weighted by Crippen LogP contribution is 2.44. The second-order valence-corrected chi connectivity index (χ2v) is 6.54. The molecular weight excluding hydrogens is 336 g/mol. The van der Waals surface area contributed by atoms with Gasteiger partial charge in [0.25, 0.3) is 0 Å². The molecule has 2 heterocycles. The van der Waals surface area contributed by atoms with Crippen LogP contribution in [-0.4, -0.2) is 30.7 Å². The van der Waals surface area contributed by atoms with Gasteiger partial charge in [0.1, 0.15) is 12.1 Å². The van der Waals surface area contributed by atoms with Gasteiger partial charge in [0.15, 0.2) is 0 Å². The molecule has 7 heteroatoms. The molecule has 0 aromatic carbocycles. The molecule has 0 spiro atoms. The Morgan fingerprint density at radius 3 is 2.80 bits per heavy atom. The summed E-state index contributed by atoms with van der Waals surface area (Å²) in [6.07, 6.45) is 1.43. The topological polar surface area (TPSA) is 103 Å². The number of carbonyl (C=O) groups excluding carboxylic acids is 1. The van der Waals surface area contributed by atoms with Crippen molar-refractivity contribution in [2.24, 2.45) is 11.7 Å². The van der Waals surface area contributed by atoms with Gasteiger partial charge in [-0.3, -0.25) is 0 Å². The van der Waals surface area contributed by atoms with Gasteiger partial charge >= 0.3 is 6.09 Å². The Morgan fingerprint density at radius 2 is 2.20 bits per heavy atom. The van der Waals surface area contributed by atoms with E-state index < -0.39 is 6.09 Å². The smallest absolute Gasteiger partial charge is 0.410 e. The fourth-order valence-corrected chi connectivity index (χ4v) is 4.03. The summed E-state index contributed by atoms with van der Waals surface area (Å²) in [7, 11) is 0. The number of rotatable bonds is 2. The van der Waals surface area contributed by atoms with Crippen LogP contribution >= 0.6 is 11.3 Å². The zero-order valence-electron chi connectivity index (χ0n) is 13.7. The Balaban J connectivity index is 2.14. The van der Waals surface area contributed by atoms with Crippen LogP contribution in [0, 0.1) is 28.6 Å². The van der Waals surface area contributed by atoms with Crippen LogP contribution in [0.3, 0.4) is 0 Å². The molecule has 1 aliphatic carbocycles. The van der Waals surface area contributed by atoms with E-state index >= 15 is 0 Å². The molecule has 126 valence electrons. The van der Waals surface area contributed by atoms with Crippen LogP contribution in [-0.2, 0) is 4.74 Å². The van der Waals surface area contributed by atoms with Crippen molar-refractivity contribution in [1.29, 1.82) is 10.5 Å². The number of carbonyl (C=O) groups is 1. The lowest BCUT2D eigenvalue weighted by molar-refractivity contribution is 0.107. The molecule has 2 aliphatic rings. The summed E-state index contributed by atoms with van der Waals surface area (Å²) in [5.74, 6) is -0.270. The van der Waals surface area contributed by atoms with Gasteiger partial charge in [-0.05, 0) is 29.5 Å². The first-order valence-corrected chi connectivity index (χ1v) is 8.70. The van der Waals surface area contributed by atoms with E-state index in [4.69, 9.17) is 10.5 Å². The van der Waals surface area contributed by atoms with Crippen LogP contribution < -0.4 is 5.73 Å². The average molecular weight is 352 g/mol. The predicted octanol–water partition coefficient (Wildman–Crippen LogP) is 2.79. The lowest BCUT2D eigenvalue weighted by Crippen LogP contribution is -2.41. The summed E-state index contributed by atoms with van der Waals surface area (Å²) in [5, 5.41) is 21.1. The zero-order chi connectivity index (χ0) is 18.0. The number of thiophene rings is 1. The number of amides is 1. The molecule has 0 fully saturated rings. The molecule has 2 N–H and O–H groups in total. The molecule has 0 saturated heterocycles. The van der Waals surface area contributed by atoms with E-state index in [0.29, 0.717) is 30.8 Å².